The van der Waals surface area contributed by atoms with Gasteiger partial charge in [0.15, 0.2) is 0 Å². The summed E-state index contributed by atoms with van der Waals surface area (Å²) in [5.74, 6) is 0.746. The van der Waals surface area contributed by atoms with Gasteiger partial charge in [-0.25, -0.2) is 0 Å². The van der Waals surface area contributed by atoms with Crippen LogP contribution in [0.2, 0.25) is 5.02 Å². The third kappa shape index (κ3) is 6.37. The molecule has 0 bridgehead atoms. The molecule has 0 radical (unpaired) electrons. The van der Waals surface area contributed by atoms with Gasteiger partial charge in [0.05, 0.1) is 23.1 Å². The van der Waals surface area contributed by atoms with Gasteiger partial charge in [0.1, 0.15) is 5.75 Å². The summed E-state index contributed by atoms with van der Waals surface area (Å²) in [4.78, 5) is 0. The molecule has 0 amide bonds. The van der Waals surface area contributed by atoms with Gasteiger partial charge < -0.3 is 10.5 Å². The maximum atomic E-state index is 8.97. The van der Waals surface area contributed by atoms with Crippen molar-refractivity contribution in [3.05, 3.63) is 28.8 Å². The Labute approximate surface area is 133 Å². The molecule has 116 valence electrons. The van der Waals surface area contributed by atoms with Crippen molar-refractivity contribution in [2.75, 3.05) is 6.61 Å². The van der Waals surface area contributed by atoms with Gasteiger partial charge in [0.2, 0.25) is 0 Å². The summed E-state index contributed by atoms with van der Waals surface area (Å²) >= 11 is 6.21. The van der Waals surface area contributed by atoms with Crippen LogP contribution < -0.4 is 10.5 Å². The normalized spacial score (nSPS) is 12.8. The Hall–Kier alpha value is -1.24. The van der Waals surface area contributed by atoms with Gasteiger partial charge in [-0.05, 0) is 58.1 Å². The molecular weight excluding hydrogens is 284 g/mol. The molecule has 1 rings (SSSR count). The summed E-state index contributed by atoms with van der Waals surface area (Å²) in [5.41, 5.74) is 6.65. The average molecular weight is 309 g/mol. The fraction of sp³-hybridized carbons (Fsp3) is 0.588. The van der Waals surface area contributed by atoms with Crippen LogP contribution in [0.5, 0.6) is 5.75 Å². The summed E-state index contributed by atoms with van der Waals surface area (Å²) in [5, 5.41) is 9.60. The van der Waals surface area contributed by atoms with Gasteiger partial charge in [0, 0.05) is 6.04 Å². The Morgan fingerprint density at radius 2 is 2.10 bits per heavy atom. The zero-order chi connectivity index (χ0) is 15.9. The minimum Gasteiger partial charge on any atom is -0.492 e. The lowest BCUT2D eigenvalue weighted by Gasteiger charge is -2.16. The van der Waals surface area contributed by atoms with Crippen molar-refractivity contribution in [3.63, 3.8) is 0 Å². The van der Waals surface area contributed by atoms with Crippen molar-refractivity contribution in [1.82, 2.24) is 0 Å². The van der Waals surface area contributed by atoms with Gasteiger partial charge in [0.25, 0.3) is 0 Å². The number of para-hydroxylation sites is 1. The summed E-state index contributed by atoms with van der Waals surface area (Å²) in [7, 11) is 0. The average Bonchev–Trinajstić information content (AvgIpc) is 2.40. The molecule has 1 aromatic carbocycles. The Bertz CT molecular complexity index is 492. The van der Waals surface area contributed by atoms with Crippen molar-refractivity contribution in [3.8, 4) is 11.8 Å². The number of ether oxygens (including phenoxy) is 1. The topological polar surface area (TPSA) is 59.0 Å². The second-order valence-electron chi connectivity index (χ2n) is 6.21. The fourth-order valence-corrected chi connectivity index (χ4v) is 2.37. The molecular formula is C17H25ClN2O. The summed E-state index contributed by atoms with van der Waals surface area (Å²) in [6.07, 6.45) is 3.50. The highest BCUT2D eigenvalue weighted by atomic mass is 35.5. The van der Waals surface area contributed by atoms with Gasteiger partial charge in [-0.3, -0.25) is 0 Å². The maximum absolute atomic E-state index is 8.97. The molecule has 0 fully saturated rings. The van der Waals surface area contributed by atoms with Crippen LogP contribution in [0.3, 0.4) is 0 Å². The molecule has 0 heterocycles. The monoisotopic (exact) mass is 308 g/mol. The van der Waals surface area contributed by atoms with Crippen molar-refractivity contribution in [1.29, 1.82) is 5.26 Å². The van der Waals surface area contributed by atoms with Gasteiger partial charge in [-0.2, -0.15) is 5.26 Å². The zero-order valence-corrected chi connectivity index (χ0v) is 13.9. The first-order chi connectivity index (χ1) is 9.85. The first kappa shape index (κ1) is 17.8. The molecule has 0 spiro atoms. The molecule has 3 nitrogen and oxygen atoms in total. The smallest absolute Gasteiger partial charge is 0.141 e. The van der Waals surface area contributed by atoms with Gasteiger partial charge in [-0.15, -0.1) is 0 Å². The van der Waals surface area contributed by atoms with Crippen LogP contribution in [-0.4, -0.2) is 12.6 Å². The molecule has 2 N–H and O–H groups in total. The van der Waals surface area contributed by atoms with E-state index in [1.165, 1.54) is 0 Å². The first-order valence-electron chi connectivity index (χ1n) is 7.43. The maximum Gasteiger partial charge on any atom is 0.141 e. The van der Waals surface area contributed by atoms with E-state index in [9.17, 15) is 0 Å². The Morgan fingerprint density at radius 1 is 1.38 bits per heavy atom. The number of halogens is 1. The van der Waals surface area contributed by atoms with Crippen LogP contribution in [0.15, 0.2) is 18.2 Å². The number of unbranched alkanes of at least 4 members (excludes halogenated alkanes) is 1. The molecule has 4 heteroatoms. The quantitative estimate of drug-likeness (QED) is 0.727. The fourth-order valence-electron chi connectivity index (χ4n) is 2.12. The third-order valence-corrected chi connectivity index (χ3v) is 3.63. The molecule has 0 saturated carbocycles. The highest BCUT2D eigenvalue weighted by Gasteiger charge is 2.15. The Kier molecular flexibility index (Phi) is 7.01. The lowest BCUT2D eigenvalue weighted by atomic mass is 9.89. The Balaban J connectivity index is 2.50. The van der Waals surface area contributed by atoms with Crippen LogP contribution in [0.25, 0.3) is 0 Å². The van der Waals surface area contributed by atoms with Crippen LogP contribution in [0.1, 0.15) is 45.6 Å². The minimum atomic E-state index is -0.259. The highest BCUT2D eigenvalue weighted by molar-refractivity contribution is 6.32. The molecule has 21 heavy (non-hydrogen) atoms. The minimum absolute atomic E-state index is 0.0715. The van der Waals surface area contributed by atoms with E-state index < -0.39 is 0 Å². The van der Waals surface area contributed by atoms with E-state index in [0.717, 1.165) is 37.0 Å². The SMILES string of the molecule is CC(N)Cc1cccc(Cl)c1OCCCCC(C)(C)C#N. The summed E-state index contributed by atoms with van der Waals surface area (Å²) in [6, 6.07) is 8.14. The predicted molar refractivity (Wildman–Crippen MR) is 87.5 cm³/mol. The van der Waals surface area contributed by atoms with Crippen molar-refractivity contribution in [2.45, 2.75) is 52.5 Å². The number of nitrogens with zero attached hydrogens (tertiary/aromatic N) is 1. The predicted octanol–water partition coefficient (Wildman–Crippen LogP) is 4.33. The second-order valence-corrected chi connectivity index (χ2v) is 6.62. The lowest BCUT2D eigenvalue weighted by Crippen LogP contribution is -2.18. The van der Waals surface area contributed by atoms with E-state index in [2.05, 4.69) is 6.07 Å². The number of nitrogens with two attached hydrogens (primary N) is 1. The summed E-state index contributed by atoms with van der Waals surface area (Å²) < 4.78 is 5.85. The van der Waals surface area contributed by atoms with E-state index in [0.29, 0.717) is 11.6 Å². The van der Waals surface area contributed by atoms with E-state index in [4.69, 9.17) is 27.3 Å². The third-order valence-electron chi connectivity index (χ3n) is 3.34. The van der Waals surface area contributed by atoms with Gasteiger partial charge in [-0.1, -0.05) is 23.7 Å². The first-order valence-corrected chi connectivity index (χ1v) is 7.80. The van der Waals surface area contributed by atoms with Crippen LogP contribution >= 0.6 is 11.6 Å². The molecule has 0 aromatic heterocycles. The van der Waals surface area contributed by atoms with Crippen molar-refractivity contribution in [2.24, 2.45) is 11.1 Å². The number of hydrogen-bond acceptors (Lipinski definition) is 3. The zero-order valence-electron chi connectivity index (χ0n) is 13.2. The second kappa shape index (κ2) is 8.26. The van der Waals surface area contributed by atoms with E-state index in [1.807, 2.05) is 39.0 Å². The lowest BCUT2D eigenvalue weighted by molar-refractivity contribution is 0.292. The van der Waals surface area contributed by atoms with Crippen LogP contribution in [-0.2, 0) is 6.42 Å². The molecule has 0 aliphatic carbocycles. The molecule has 0 aliphatic rings. The molecule has 0 saturated heterocycles. The van der Waals surface area contributed by atoms with Crippen LogP contribution in [0.4, 0.5) is 0 Å². The number of nitriles is 1. The van der Waals surface area contributed by atoms with Crippen molar-refractivity contribution >= 4 is 11.6 Å². The number of hydrogen-bond donors (Lipinski definition) is 1. The molecule has 1 unspecified atom stereocenters. The Morgan fingerprint density at radius 3 is 2.71 bits per heavy atom. The standard InChI is InChI=1S/C17H25ClN2O/c1-13(20)11-14-7-6-8-15(18)16(14)21-10-5-4-9-17(2,3)12-19/h6-8,13H,4-5,9-11,20H2,1-3H3. The highest BCUT2D eigenvalue weighted by Crippen LogP contribution is 2.30. The van der Waals surface area contributed by atoms with E-state index in [1.54, 1.807) is 0 Å². The van der Waals surface area contributed by atoms with E-state index in [-0.39, 0.29) is 11.5 Å². The molecule has 1 aromatic rings. The number of benzene rings is 1. The number of rotatable bonds is 8. The van der Waals surface area contributed by atoms with E-state index >= 15 is 0 Å². The molecule has 1 atom stereocenters. The largest absolute Gasteiger partial charge is 0.492 e. The van der Waals surface area contributed by atoms with Crippen molar-refractivity contribution < 1.29 is 4.74 Å². The van der Waals surface area contributed by atoms with Crippen LogP contribution in [0, 0.1) is 16.7 Å². The summed E-state index contributed by atoms with van der Waals surface area (Å²) in [6.45, 7) is 6.50. The van der Waals surface area contributed by atoms with Gasteiger partial charge >= 0.3 is 0 Å². The molecule has 0 aliphatic heterocycles.